The fraction of sp³-hybridized carbons (Fsp3) is 0.222. The van der Waals surface area contributed by atoms with E-state index in [4.69, 9.17) is 0 Å². The molecule has 1 aliphatic heterocycles. The highest BCUT2D eigenvalue weighted by molar-refractivity contribution is 7.22. The largest absolute Gasteiger partial charge is 0.348 e. The van der Waals surface area contributed by atoms with Gasteiger partial charge in [0.2, 0.25) is 0 Å². The van der Waals surface area contributed by atoms with Gasteiger partial charge in [0.25, 0.3) is 11.6 Å². The molecule has 4 rings (SSSR count). The van der Waals surface area contributed by atoms with Crippen LogP contribution in [0.1, 0.15) is 23.2 Å². The van der Waals surface area contributed by atoms with Gasteiger partial charge in [-0.2, -0.15) is 0 Å². The number of amides is 1. The predicted octanol–water partition coefficient (Wildman–Crippen LogP) is 4.06. The highest BCUT2D eigenvalue weighted by atomic mass is 32.1. The summed E-state index contributed by atoms with van der Waals surface area (Å²) in [7, 11) is 0. The molecule has 1 aromatic heterocycles. The van der Waals surface area contributed by atoms with Crippen molar-refractivity contribution in [2.24, 2.45) is 0 Å². The molecule has 1 amide bonds. The van der Waals surface area contributed by atoms with Crippen LogP contribution in [0, 0.1) is 10.1 Å². The minimum Gasteiger partial charge on any atom is -0.348 e. The Morgan fingerprint density at radius 2 is 1.88 bits per heavy atom. The maximum atomic E-state index is 12.3. The zero-order valence-electron chi connectivity index (χ0n) is 13.8. The number of anilines is 2. The summed E-state index contributed by atoms with van der Waals surface area (Å²) >= 11 is 1.63. The lowest BCUT2D eigenvalue weighted by molar-refractivity contribution is -0.384. The van der Waals surface area contributed by atoms with Crippen LogP contribution in [0.15, 0.2) is 42.5 Å². The molecule has 0 aliphatic carbocycles. The van der Waals surface area contributed by atoms with E-state index >= 15 is 0 Å². The van der Waals surface area contributed by atoms with Crippen molar-refractivity contribution >= 4 is 44.0 Å². The smallest absolute Gasteiger partial charge is 0.269 e. The van der Waals surface area contributed by atoms with Crippen molar-refractivity contribution in [2.75, 3.05) is 23.3 Å². The van der Waals surface area contributed by atoms with Crippen LogP contribution < -0.4 is 10.2 Å². The van der Waals surface area contributed by atoms with Crippen LogP contribution in [0.4, 0.5) is 16.5 Å². The van der Waals surface area contributed by atoms with Crippen molar-refractivity contribution in [3.63, 3.8) is 0 Å². The number of hydrogen-bond acceptors (Lipinski definition) is 6. The molecule has 1 saturated heterocycles. The number of thiazole rings is 1. The molecule has 0 radical (unpaired) electrons. The number of benzene rings is 2. The second-order valence-electron chi connectivity index (χ2n) is 6.13. The number of carbonyl (C=O) groups is 1. The molecule has 0 spiro atoms. The van der Waals surface area contributed by atoms with Crippen LogP contribution >= 0.6 is 11.3 Å². The number of nitro groups is 1. The van der Waals surface area contributed by atoms with E-state index in [1.165, 1.54) is 37.1 Å². The third-order valence-corrected chi connectivity index (χ3v) is 5.43. The summed E-state index contributed by atoms with van der Waals surface area (Å²) < 4.78 is 1.02. The number of hydrogen-bond donors (Lipinski definition) is 1. The fourth-order valence-electron chi connectivity index (χ4n) is 2.97. The molecule has 1 fully saturated rings. The van der Waals surface area contributed by atoms with Crippen LogP contribution in [-0.4, -0.2) is 28.9 Å². The van der Waals surface area contributed by atoms with Crippen molar-refractivity contribution in [3.8, 4) is 0 Å². The van der Waals surface area contributed by atoms with Gasteiger partial charge in [0.1, 0.15) is 0 Å². The zero-order valence-corrected chi connectivity index (χ0v) is 14.7. The molecule has 8 heteroatoms. The lowest BCUT2D eigenvalue weighted by Gasteiger charge is -2.11. The molecule has 1 N–H and O–H groups in total. The third-order valence-electron chi connectivity index (χ3n) is 4.35. The molecular weight excluding hydrogens is 352 g/mol. The Kier molecular flexibility index (Phi) is 4.26. The Labute approximate surface area is 153 Å². The van der Waals surface area contributed by atoms with Crippen LogP contribution in [0.2, 0.25) is 0 Å². The van der Waals surface area contributed by atoms with Crippen LogP contribution in [0.25, 0.3) is 10.2 Å². The lowest BCUT2D eigenvalue weighted by atomic mass is 10.2. The minimum absolute atomic E-state index is 0.0397. The summed E-state index contributed by atoms with van der Waals surface area (Å²) in [5.41, 5.74) is 1.93. The summed E-state index contributed by atoms with van der Waals surface area (Å²) in [6.07, 6.45) is 2.40. The van der Waals surface area contributed by atoms with E-state index in [-0.39, 0.29) is 11.6 Å². The monoisotopic (exact) mass is 368 g/mol. The molecule has 7 nitrogen and oxygen atoms in total. The number of nitro benzene ring substituents is 1. The number of fused-ring (bicyclic) bond motifs is 1. The predicted molar refractivity (Wildman–Crippen MR) is 102 cm³/mol. The molecule has 132 valence electrons. The average molecular weight is 368 g/mol. The van der Waals surface area contributed by atoms with E-state index in [2.05, 4.69) is 15.2 Å². The summed E-state index contributed by atoms with van der Waals surface area (Å²) in [6.45, 7) is 2.09. The molecule has 0 unspecified atom stereocenters. The van der Waals surface area contributed by atoms with Crippen molar-refractivity contribution in [1.82, 2.24) is 4.98 Å². The summed E-state index contributed by atoms with van der Waals surface area (Å²) in [4.78, 5) is 29.5. The maximum absolute atomic E-state index is 12.3. The summed E-state index contributed by atoms with van der Waals surface area (Å²) in [5.74, 6) is -0.302. The highest BCUT2D eigenvalue weighted by Crippen LogP contribution is 2.32. The van der Waals surface area contributed by atoms with E-state index in [0.29, 0.717) is 11.3 Å². The van der Waals surface area contributed by atoms with Gasteiger partial charge in [0.15, 0.2) is 5.13 Å². The number of nitrogens with one attached hydrogen (secondary N) is 1. The first kappa shape index (κ1) is 16.5. The SMILES string of the molecule is O=C(Nc1ccc2nc(N3CCCC3)sc2c1)c1ccc([N+](=O)[O-])cc1. The van der Waals surface area contributed by atoms with E-state index < -0.39 is 4.92 Å². The van der Waals surface area contributed by atoms with Crippen LogP contribution in [0.5, 0.6) is 0 Å². The molecule has 0 atom stereocenters. The average Bonchev–Trinajstić information content (AvgIpc) is 3.30. The van der Waals surface area contributed by atoms with Crippen molar-refractivity contribution in [1.29, 1.82) is 0 Å². The van der Waals surface area contributed by atoms with Gasteiger partial charge in [-0.1, -0.05) is 11.3 Å². The van der Waals surface area contributed by atoms with Gasteiger partial charge in [-0.15, -0.1) is 0 Å². The second-order valence-corrected chi connectivity index (χ2v) is 7.14. The van der Waals surface area contributed by atoms with Gasteiger partial charge in [-0.05, 0) is 43.2 Å². The standard InChI is InChI=1S/C18H16N4O3S/c23-17(12-3-6-14(7-4-12)22(24)25)19-13-5-8-15-16(11-13)26-18(20-15)21-9-1-2-10-21/h3-8,11H,1-2,9-10H2,(H,19,23). The number of non-ortho nitro benzene ring substituents is 1. The minimum atomic E-state index is -0.489. The van der Waals surface area contributed by atoms with Crippen molar-refractivity contribution in [2.45, 2.75) is 12.8 Å². The van der Waals surface area contributed by atoms with Gasteiger partial charge in [0.05, 0.1) is 15.1 Å². The summed E-state index contributed by atoms with van der Waals surface area (Å²) in [5, 5.41) is 14.6. The quantitative estimate of drug-likeness (QED) is 0.554. The first-order chi connectivity index (χ1) is 12.6. The van der Waals surface area contributed by atoms with E-state index in [0.717, 1.165) is 28.4 Å². The van der Waals surface area contributed by atoms with Crippen molar-refractivity contribution in [3.05, 3.63) is 58.1 Å². The topological polar surface area (TPSA) is 88.4 Å². The van der Waals surface area contributed by atoms with Crippen LogP contribution in [-0.2, 0) is 0 Å². The van der Waals surface area contributed by atoms with Gasteiger partial charge in [-0.3, -0.25) is 14.9 Å². The Bertz CT molecular complexity index is 978. The molecule has 26 heavy (non-hydrogen) atoms. The highest BCUT2D eigenvalue weighted by Gasteiger charge is 2.17. The first-order valence-corrected chi connectivity index (χ1v) is 9.13. The van der Waals surface area contributed by atoms with E-state index in [1.807, 2.05) is 18.2 Å². The molecule has 0 bridgehead atoms. The number of carbonyl (C=O) groups excluding carboxylic acids is 1. The summed E-state index contributed by atoms with van der Waals surface area (Å²) in [6, 6.07) is 11.2. The second kappa shape index (κ2) is 6.72. The van der Waals surface area contributed by atoms with Gasteiger partial charge in [-0.25, -0.2) is 4.98 Å². The Hall–Kier alpha value is -3.00. The van der Waals surface area contributed by atoms with E-state index in [1.54, 1.807) is 11.3 Å². The molecule has 3 aromatic rings. The number of rotatable bonds is 4. The molecule has 1 aliphatic rings. The first-order valence-electron chi connectivity index (χ1n) is 8.31. The molecule has 0 saturated carbocycles. The third kappa shape index (κ3) is 3.23. The maximum Gasteiger partial charge on any atom is 0.269 e. The number of aromatic nitrogens is 1. The van der Waals surface area contributed by atoms with Gasteiger partial charge >= 0.3 is 0 Å². The van der Waals surface area contributed by atoms with Gasteiger partial charge < -0.3 is 10.2 Å². The van der Waals surface area contributed by atoms with Crippen LogP contribution in [0.3, 0.4) is 0 Å². The van der Waals surface area contributed by atoms with E-state index in [9.17, 15) is 14.9 Å². The number of nitrogens with zero attached hydrogens (tertiary/aromatic N) is 3. The van der Waals surface area contributed by atoms with Crippen molar-refractivity contribution < 1.29 is 9.72 Å². The lowest BCUT2D eigenvalue weighted by Crippen LogP contribution is -2.16. The Morgan fingerprint density at radius 1 is 1.15 bits per heavy atom. The van der Waals surface area contributed by atoms with Gasteiger partial charge in [0, 0.05) is 36.5 Å². The Balaban J connectivity index is 1.52. The molecule has 2 heterocycles. The zero-order chi connectivity index (χ0) is 18.1. The fourth-order valence-corrected chi connectivity index (χ4v) is 4.03. The molecular formula is C18H16N4O3S. The normalized spacial score (nSPS) is 13.9. The Morgan fingerprint density at radius 3 is 2.58 bits per heavy atom. The molecule has 2 aromatic carbocycles.